The van der Waals surface area contributed by atoms with Crippen LogP contribution < -0.4 is 11.1 Å². The van der Waals surface area contributed by atoms with Crippen molar-refractivity contribution in [2.45, 2.75) is 25.7 Å². The third-order valence-electron chi connectivity index (χ3n) is 3.32. The fourth-order valence-electron chi connectivity index (χ4n) is 2.31. The van der Waals surface area contributed by atoms with Crippen LogP contribution in [-0.2, 0) is 12.8 Å². The first kappa shape index (κ1) is 13.1. The molecule has 1 aromatic carbocycles. The van der Waals surface area contributed by atoms with Gasteiger partial charge in [-0.05, 0) is 43.9 Å². The Morgan fingerprint density at radius 1 is 1.35 bits per heavy atom. The third kappa shape index (κ3) is 2.51. The van der Waals surface area contributed by atoms with Crippen molar-refractivity contribution in [3.05, 3.63) is 40.2 Å². The van der Waals surface area contributed by atoms with E-state index >= 15 is 0 Å². The molecule has 1 aromatic heterocycles. The first-order valence-electron chi connectivity index (χ1n) is 6.48. The zero-order chi connectivity index (χ0) is 14.1. The molecule has 0 aliphatic heterocycles. The second kappa shape index (κ2) is 5.20. The molecule has 0 radical (unpaired) electrons. The second-order valence-corrected chi connectivity index (χ2v) is 5.87. The van der Waals surface area contributed by atoms with Gasteiger partial charge in [0.15, 0.2) is 5.13 Å². The number of halogens is 1. The molecule has 6 heteroatoms. The van der Waals surface area contributed by atoms with Crippen LogP contribution in [0, 0.1) is 5.82 Å². The number of hydrogen-bond acceptors (Lipinski definition) is 4. The summed E-state index contributed by atoms with van der Waals surface area (Å²) in [6.45, 7) is 0. The summed E-state index contributed by atoms with van der Waals surface area (Å²) in [6.07, 6.45) is 4.32. The summed E-state index contributed by atoms with van der Waals surface area (Å²) in [4.78, 5) is 17.8. The number of thiazole rings is 1. The number of nitrogens with two attached hydrogens (primary N) is 1. The minimum atomic E-state index is -0.455. The first-order valence-corrected chi connectivity index (χ1v) is 7.30. The average molecular weight is 291 g/mol. The lowest BCUT2D eigenvalue weighted by Crippen LogP contribution is -2.14. The van der Waals surface area contributed by atoms with Crippen LogP contribution in [0.4, 0.5) is 15.2 Å². The zero-order valence-corrected chi connectivity index (χ0v) is 11.6. The smallest absolute Gasteiger partial charge is 0.259 e. The van der Waals surface area contributed by atoms with Gasteiger partial charge in [-0.3, -0.25) is 10.1 Å². The van der Waals surface area contributed by atoms with Crippen LogP contribution in [-0.4, -0.2) is 10.9 Å². The highest BCUT2D eigenvalue weighted by Crippen LogP contribution is 2.30. The van der Waals surface area contributed by atoms with E-state index in [1.54, 1.807) is 0 Å². The molecular weight excluding hydrogens is 277 g/mol. The van der Waals surface area contributed by atoms with Crippen LogP contribution in [0.1, 0.15) is 33.8 Å². The van der Waals surface area contributed by atoms with Gasteiger partial charge in [-0.15, -0.1) is 11.3 Å². The van der Waals surface area contributed by atoms with Crippen molar-refractivity contribution in [3.8, 4) is 0 Å². The molecule has 1 heterocycles. The Morgan fingerprint density at radius 2 is 2.15 bits per heavy atom. The molecule has 0 unspecified atom stereocenters. The number of hydrogen-bond donors (Lipinski definition) is 2. The molecular formula is C14H14FN3OS. The van der Waals surface area contributed by atoms with E-state index in [-0.39, 0.29) is 17.2 Å². The summed E-state index contributed by atoms with van der Waals surface area (Å²) >= 11 is 1.51. The molecule has 1 aliphatic rings. The number of nitrogens with zero attached hydrogens (tertiary/aromatic N) is 1. The van der Waals surface area contributed by atoms with E-state index in [0.29, 0.717) is 5.13 Å². The Bertz CT molecular complexity index is 645. The summed E-state index contributed by atoms with van der Waals surface area (Å²) in [7, 11) is 0. The van der Waals surface area contributed by atoms with Crippen LogP contribution >= 0.6 is 11.3 Å². The van der Waals surface area contributed by atoms with Gasteiger partial charge in [-0.1, -0.05) is 0 Å². The number of nitrogen functional groups attached to an aromatic ring is 1. The lowest BCUT2D eigenvalue weighted by atomic mass is 10.0. The maximum Gasteiger partial charge on any atom is 0.259 e. The van der Waals surface area contributed by atoms with Gasteiger partial charge in [-0.2, -0.15) is 0 Å². The van der Waals surface area contributed by atoms with Crippen LogP contribution in [0.25, 0.3) is 0 Å². The van der Waals surface area contributed by atoms with Crippen LogP contribution in [0.2, 0.25) is 0 Å². The van der Waals surface area contributed by atoms with Gasteiger partial charge in [0.05, 0.1) is 11.3 Å². The lowest BCUT2D eigenvalue weighted by molar-refractivity contribution is 0.102. The van der Waals surface area contributed by atoms with Gasteiger partial charge in [0.25, 0.3) is 5.91 Å². The molecule has 20 heavy (non-hydrogen) atoms. The fraction of sp³-hybridized carbons (Fsp3) is 0.286. The number of nitrogens with one attached hydrogen (secondary N) is 1. The van der Waals surface area contributed by atoms with Gasteiger partial charge in [-0.25, -0.2) is 9.37 Å². The Labute approximate surface area is 119 Å². The highest BCUT2D eigenvalue weighted by atomic mass is 32.1. The highest BCUT2D eigenvalue weighted by molar-refractivity contribution is 7.15. The zero-order valence-electron chi connectivity index (χ0n) is 10.8. The normalized spacial score (nSPS) is 13.8. The average Bonchev–Trinajstić information content (AvgIpc) is 2.80. The number of aryl methyl sites for hydroxylation is 2. The van der Waals surface area contributed by atoms with Crippen LogP contribution in [0.5, 0.6) is 0 Å². The van der Waals surface area contributed by atoms with Crippen LogP contribution in [0.15, 0.2) is 18.2 Å². The van der Waals surface area contributed by atoms with Crippen molar-refractivity contribution in [1.82, 2.24) is 4.98 Å². The molecule has 0 fully saturated rings. The maximum absolute atomic E-state index is 13.0. The minimum Gasteiger partial charge on any atom is -0.398 e. The summed E-state index contributed by atoms with van der Waals surface area (Å²) in [5.74, 6) is -0.808. The van der Waals surface area contributed by atoms with E-state index in [1.807, 2.05) is 0 Å². The van der Waals surface area contributed by atoms with E-state index < -0.39 is 5.82 Å². The quantitative estimate of drug-likeness (QED) is 0.836. The number of carbonyl (C=O) groups is 1. The maximum atomic E-state index is 13.0. The molecule has 3 N–H and O–H groups in total. The van der Waals surface area contributed by atoms with Gasteiger partial charge in [0.2, 0.25) is 0 Å². The molecule has 4 nitrogen and oxygen atoms in total. The predicted molar refractivity (Wildman–Crippen MR) is 77.5 cm³/mol. The minimum absolute atomic E-state index is 0.129. The largest absolute Gasteiger partial charge is 0.398 e. The second-order valence-electron chi connectivity index (χ2n) is 4.78. The monoisotopic (exact) mass is 291 g/mol. The molecule has 0 saturated carbocycles. The summed E-state index contributed by atoms with van der Waals surface area (Å²) in [6, 6.07) is 3.74. The predicted octanol–water partition coefficient (Wildman–Crippen LogP) is 3.00. The Kier molecular flexibility index (Phi) is 3.40. The number of carbonyl (C=O) groups excluding carboxylic acids is 1. The molecule has 0 spiro atoms. The van der Waals surface area contributed by atoms with Crippen molar-refractivity contribution < 1.29 is 9.18 Å². The number of amides is 1. The Balaban J connectivity index is 1.80. The van der Waals surface area contributed by atoms with E-state index in [2.05, 4.69) is 10.3 Å². The van der Waals surface area contributed by atoms with Crippen molar-refractivity contribution in [2.24, 2.45) is 0 Å². The molecule has 0 bridgehead atoms. The number of rotatable bonds is 2. The van der Waals surface area contributed by atoms with Gasteiger partial charge in [0.1, 0.15) is 5.82 Å². The van der Waals surface area contributed by atoms with Crippen molar-refractivity contribution in [1.29, 1.82) is 0 Å². The van der Waals surface area contributed by atoms with Crippen molar-refractivity contribution >= 4 is 28.1 Å². The summed E-state index contributed by atoms with van der Waals surface area (Å²) in [5.41, 5.74) is 7.13. The molecule has 0 saturated heterocycles. The third-order valence-corrected chi connectivity index (χ3v) is 4.40. The molecule has 1 aliphatic carbocycles. The van der Waals surface area contributed by atoms with Gasteiger partial charge < -0.3 is 5.73 Å². The van der Waals surface area contributed by atoms with Crippen molar-refractivity contribution in [3.63, 3.8) is 0 Å². The fourth-order valence-corrected chi connectivity index (χ4v) is 3.36. The standard InChI is InChI=1S/C14H14FN3OS/c15-8-5-6-9(10(16)7-8)13(19)18-14-17-11-3-1-2-4-12(11)20-14/h5-7H,1-4,16H2,(H,17,18,19). The highest BCUT2D eigenvalue weighted by Gasteiger charge is 2.17. The van der Waals surface area contributed by atoms with Gasteiger partial charge in [0, 0.05) is 10.6 Å². The number of benzene rings is 1. The summed E-state index contributed by atoms with van der Waals surface area (Å²) < 4.78 is 13.0. The Morgan fingerprint density at radius 3 is 2.90 bits per heavy atom. The lowest BCUT2D eigenvalue weighted by Gasteiger charge is -2.06. The molecule has 2 aromatic rings. The molecule has 104 valence electrons. The number of anilines is 2. The number of fused-ring (bicyclic) bond motifs is 1. The molecule has 0 atom stereocenters. The van der Waals surface area contributed by atoms with Crippen molar-refractivity contribution in [2.75, 3.05) is 11.1 Å². The van der Waals surface area contributed by atoms with E-state index in [9.17, 15) is 9.18 Å². The van der Waals surface area contributed by atoms with Crippen LogP contribution in [0.3, 0.4) is 0 Å². The topological polar surface area (TPSA) is 68.0 Å². The molecule has 1 amide bonds. The van der Waals surface area contributed by atoms with E-state index in [0.717, 1.165) is 31.0 Å². The van der Waals surface area contributed by atoms with E-state index in [4.69, 9.17) is 5.73 Å². The van der Waals surface area contributed by atoms with Gasteiger partial charge >= 0.3 is 0 Å². The first-order chi connectivity index (χ1) is 9.63. The SMILES string of the molecule is Nc1cc(F)ccc1C(=O)Nc1nc2c(s1)CCCC2. The van der Waals surface area contributed by atoms with E-state index in [1.165, 1.54) is 34.8 Å². The molecule has 3 rings (SSSR count). The number of aromatic nitrogens is 1. The summed E-state index contributed by atoms with van der Waals surface area (Å²) in [5, 5.41) is 3.33. The Hall–Kier alpha value is -1.95.